The van der Waals surface area contributed by atoms with Gasteiger partial charge in [0.1, 0.15) is 0 Å². The fraction of sp³-hybridized carbons (Fsp3) is 0.250. The lowest BCUT2D eigenvalue weighted by atomic mass is 10.3. The Morgan fingerprint density at radius 2 is 2.09 bits per heavy atom. The molecule has 0 unspecified atom stereocenters. The molecule has 0 aromatic heterocycles. The number of imide groups is 1. The van der Waals surface area contributed by atoms with Crippen molar-refractivity contribution < 1.29 is 9.59 Å². The highest BCUT2D eigenvalue weighted by Gasteiger charge is 2.25. The largest absolute Gasteiger partial charge is 0.269 e. The first kappa shape index (κ1) is 7.72. The number of nitrogens with zero attached hydrogens (tertiary/aromatic N) is 1. The quantitative estimate of drug-likeness (QED) is 0.520. The first-order valence-electron chi connectivity index (χ1n) is 3.35. The van der Waals surface area contributed by atoms with Crippen molar-refractivity contribution >= 4 is 11.8 Å². The zero-order chi connectivity index (χ0) is 8.43. The number of rotatable bonds is 1. The van der Waals surface area contributed by atoms with Crippen LogP contribution in [0.4, 0.5) is 0 Å². The zero-order valence-corrected chi connectivity index (χ0v) is 6.50. The molecule has 3 nitrogen and oxygen atoms in total. The molecule has 0 N–H and O–H groups in total. The highest BCUT2D eigenvalue weighted by molar-refractivity contribution is 6.16. The van der Waals surface area contributed by atoms with Crippen LogP contribution in [0.2, 0.25) is 0 Å². The molecular weight excluding hydrogens is 142 g/mol. The Bertz CT molecular complexity index is 263. The van der Waals surface area contributed by atoms with E-state index in [2.05, 4.69) is 0 Å². The smallest absolute Gasteiger partial charge is 0.260 e. The van der Waals surface area contributed by atoms with Crippen LogP contribution in [0.5, 0.6) is 0 Å². The van der Waals surface area contributed by atoms with Crippen LogP contribution in [-0.2, 0) is 9.59 Å². The summed E-state index contributed by atoms with van der Waals surface area (Å²) in [5, 5.41) is 0. The molecule has 0 aromatic rings. The minimum Gasteiger partial charge on any atom is -0.269 e. The Morgan fingerprint density at radius 1 is 1.45 bits per heavy atom. The summed E-state index contributed by atoms with van der Waals surface area (Å²) in [5.41, 5.74) is 0.494. The molecule has 1 heterocycles. The van der Waals surface area contributed by atoms with Gasteiger partial charge in [0.25, 0.3) is 11.8 Å². The van der Waals surface area contributed by atoms with Crippen LogP contribution in [0, 0.1) is 0 Å². The normalized spacial score (nSPS) is 18.4. The number of carbonyl (C=O) groups is 2. The molecule has 1 rings (SSSR count). The summed E-state index contributed by atoms with van der Waals surface area (Å²) in [4.78, 5) is 23.1. The average molecular weight is 151 g/mol. The van der Waals surface area contributed by atoms with Crippen LogP contribution in [0.15, 0.2) is 23.9 Å². The van der Waals surface area contributed by atoms with Crippen LogP contribution in [0.1, 0.15) is 13.8 Å². The van der Waals surface area contributed by atoms with E-state index in [4.69, 9.17) is 0 Å². The molecule has 0 aromatic carbocycles. The van der Waals surface area contributed by atoms with Gasteiger partial charge in [-0.15, -0.1) is 0 Å². The predicted molar refractivity (Wildman–Crippen MR) is 40.4 cm³/mol. The van der Waals surface area contributed by atoms with E-state index in [1.165, 1.54) is 12.3 Å². The van der Waals surface area contributed by atoms with Crippen LogP contribution < -0.4 is 0 Å². The van der Waals surface area contributed by atoms with Gasteiger partial charge in [0.05, 0.1) is 0 Å². The highest BCUT2D eigenvalue weighted by atomic mass is 16.2. The van der Waals surface area contributed by atoms with E-state index in [1.54, 1.807) is 19.9 Å². The fourth-order valence-electron chi connectivity index (χ4n) is 0.897. The van der Waals surface area contributed by atoms with Crippen molar-refractivity contribution in [2.75, 3.05) is 0 Å². The van der Waals surface area contributed by atoms with E-state index in [0.29, 0.717) is 5.57 Å². The standard InChI is InChI=1S/C8H9NO2/c1-3-4-9-7(10)5-6(2)8(9)11/h3-5H,1-2H3. The van der Waals surface area contributed by atoms with Crippen molar-refractivity contribution in [3.63, 3.8) is 0 Å². The summed E-state index contributed by atoms with van der Waals surface area (Å²) in [6, 6.07) is 0. The fourth-order valence-corrected chi connectivity index (χ4v) is 0.897. The van der Waals surface area contributed by atoms with Gasteiger partial charge in [0, 0.05) is 17.8 Å². The van der Waals surface area contributed by atoms with Crippen molar-refractivity contribution in [2.45, 2.75) is 13.8 Å². The van der Waals surface area contributed by atoms with Crippen molar-refractivity contribution in [2.24, 2.45) is 0 Å². The second-order valence-corrected chi connectivity index (χ2v) is 2.32. The summed E-state index contributed by atoms with van der Waals surface area (Å²) >= 11 is 0. The molecule has 2 amide bonds. The topological polar surface area (TPSA) is 37.4 Å². The van der Waals surface area contributed by atoms with E-state index in [0.717, 1.165) is 4.90 Å². The van der Waals surface area contributed by atoms with Gasteiger partial charge < -0.3 is 0 Å². The summed E-state index contributed by atoms with van der Waals surface area (Å²) in [6.07, 6.45) is 4.46. The molecule has 0 spiro atoms. The highest BCUT2D eigenvalue weighted by Crippen LogP contribution is 2.11. The molecule has 0 atom stereocenters. The molecular formula is C8H9NO2. The van der Waals surface area contributed by atoms with Crippen molar-refractivity contribution in [3.8, 4) is 0 Å². The molecule has 1 aliphatic heterocycles. The molecule has 1 aliphatic rings. The third-order valence-corrected chi connectivity index (χ3v) is 1.43. The predicted octanol–water partition coefficient (Wildman–Crippen LogP) is 0.835. The monoisotopic (exact) mass is 151 g/mol. The van der Waals surface area contributed by atoms with Gasteiger partial charge in [-0.1, -0.05) is 6.08 Å². The van der Waals surface area contributed by atoms with Gasteiger partial charge in [0.2, 0.25) is 0 Å². The summed E-state index contributed by atoms with van der Waals surface area (Å²) in [7, 11) is 0. The lowest BCUT2D eigenvalue weighted by Crippen LogP contribution is -2.24. The van der Waals surface area contributed by atoms with Crippen molar-refractivity contribution in [3.05, 3.63) is 23.9 Å². The van der Waals surface area contributed by atoms with Crippen molar-refractivity contribution in [1.82, 2.24) is 4.90 Å². The number of allylic oxidation sites excluding steroid dienone is 1. The van der Waals surface area contributed by atoms with E-state index >= 15 is 0 Å². The van der Waals surface area contributed by atoms with Gasteiger partial charge >= 0.3 is 0 Å². The first-order chi connectivity index (χ1) is 5.16. The Hall–Kier alpha value is -1.38. The zero-order valence-electron chi connectivity index (χ0n) is 6.50. The van der Waals surface area contributed by atoms with Gasteiger partial charge in [0.15, 0.2) is 0 Å². The van der Waals surface area contributed by atoms with E-state index in [1.807, 2.05) is 0 Å². The van der Waals surface area contributed by atoms with Gasteiger partial charge in [-0.2, -0.15) is 0 Å². The second-order valence-electron chi connectivity index (χ2n) is 2.32. The van der Waals surface area contributed by atoms with Gasteiger partial charge in [-0.25, -0.2) is 0 Å². The summed E-state index contributed by atoms with van der Waals surface area (Å²) in [6.45, 7) is 3.39. The minimum atomic E-state index is -0.259. The van der Waals surface area contributed by atoms with Crippen molar-refractivity contribution in [1.29, 1.82) is 0 Å². The Kier molecular flexibility index (Phi) is 1.89. The SMILES string of the molecule is CC=CN1C(=O)C=C(C)C1=O. The third-order valence-electron chi connectivity index (χ3n) is 1.43. The molecule has 3 heteroatoms. The Balaban J connectivity index is 2.89. The molecule has 0 radical (unpaired) electrons. The first-order valence-corrected chi connectivity index (χ1v) is 3.35. The third kappa shape index (κ3) is 1.22. The molecule has 0 saturated heterocycles. The maximum Gasteiger partial charge on any atom is 0.260 e. The number of hydrogen-bond acceptors (Lipinski definition) is 2. The van der Waals surface area contributed by atoms with Crippen LogP contribution in [-0.4, -0.2) is 16.7 Å². The Labute approximate surface area is 65.0 Å². The molecule has 0 fully saturated rings. The number of carbonyl (C=O) groups excluding carboxylic acids is 2. The molecule has 0 aliphatic carbocycles. The maximum atomic E-state index is 11.1. The van der Waals surface area contributed by atoms with E-state index in [9.17, 15) is 9.59 Å². The van der Waals surface area contributed by atoms with Gasteiger partial charge in [-0.05, 0) is 13.8 Å². The molecule has 11 heavy (non-hydrogen) atoms. The van der Waals surface area contributed by atoms with E-state index in [-0.39, 0.29) is 11.8 Å². The molecule has 0 bridgehead atoms. The second kappa shape index (κ2) is 2.70. The van der Waals surface area contributed by atoms with Gasteiger partial charge in [-0.3, -0.25) is 14.5 Å². The van der Waals surface area contributed by atoms with E-state index < -0.39 is 0 Å². The summed E-state index contributed by atoms with van der Waals surface area (Å²) in [5.74, 6) is -0.487. The maximum absolute atomic E-state index is 11.1. The van der Waals surface area contributed by atoms with Crippen LogP contribution in [0.3, 0.4) is 0 Å². The van der Waals surface area contributed by atoms with Crippen LogP contribution in [0.25, 0.3) is 0 Å². The number of hydrogen-bond donors (Lipinski definition) is 0. The lowest BCUT2D eigenvalue weighted by Gasteiger charge is -2.06. The number of amides is 2. The average Bonchev–Trinajstić information content (AvgIpc) is 2.17. The van der Waals surface area contributed by atoms with Crippen LogP contribution >= 0.6 is 0 Å². The molecule has 58 valence electrons. The molecule has 0 saturated carbocycles. The lowest BCUT2D eigenvalue weighted by molar-refractivity contribution is -0.133. The minimum absolute atomic E-state index is 0.229. The Morgan fingerprint density at radius 3 is 2.45 bits per heavy atom. The summed E-state index contributed by atoms with van der Waals surface area (Å²) < 4.78 is 0.